The van der Waals surface area contributed by atoms with E-state index in [4.69, 9.17) is 5.73 Å². The Morgan fingerprint density at radius 2 is 1.95 bits per heavy atom. The first-order valence-corrected chi connectivity index (χ1v) is 7.29. The van der Waals surface area contributed by atoms with Gasteiger partial charge in [0.15, 0.2) is 0 Å². The Labute approximate surface area is 126 Å². The molecular weight excluding hydrogens is 284 g/mol. The number of hydrogen-bond acceptors (Lipinski definition) is 6. The normalized spacial score (nSPS) is 12.3. The Morgan fingerprint density at radius 1 is 1.14 bits per heavy atom. The molecule has 0 aliphatic rings. The van der Waals surface area contributed by atoms with Crippen LogP contribution in [0.25, 0.3) is 5.69 Å². The zero-order chi connectivity index (χ0) is 14.7. The number of benzene rings is 1. The summed E-state index contributed by atoms with van der Waals surface area (Å²) in [5.74, 6) is 0. The minimum absolute atomic E-state index is 0.0707. The van der Waals surface area contributed by atoms with Crippen molar-refractivity contribution in [2.75, 3.05) is 0 Å². The summed E-state index contributed by atoms with van der Waals surface area (Å²) in [4.78, 5) is 5.30. The number of nitrogens with two attached hydrogens (primary N) is 1. The fraction of sp³-hybridized carbons (Fsp3) is 0.143. The number of pyridine rings is 1. The molecule has 6 nitrogen and oxygen atoms in total. The van der Waals surface area contributed by atoms with Gasteiger partial charge in [-0.25, -0.2) is 0 Å². The van der Waals surface area contributed by atoms with Gasteiger partial charge in [0.25, 0.3) is 0 Å². The largest absolute Gasteiger partial charge is 0.323 e. The van der Waals surface area contributed by atoms with E-state index in [1.807, 2.05) is 49.4 Å². The molecule has 106 valence electrons. The second-order valence-electron chi connectivity index (χ2n) is 4.52. The van der Waals surface area contributed by atoms with Crippen molar-refractivity contribution in [3.8, 4) is 5.69 Å². The number of hydrogen-bond donors (Lipinski definition) is 1. The van der Waals surface area contributed by atoms with Crippen molar-refractivity contribution in [3.05, 3.63) is 54.4 Å². The van der Waals surface area contributed by atoms with E-state index in [2.05, 4.69) is 20.5 Å². The summed E-state index contributed by atoms with van der Waals surface area (Å²) in [6, 6.07) is 13.6. The van der Waals surface area contributed by atoms with Crippen molar-refractivity contribution in [2.45, 2.75) is 23.0 Å². The van der Waals surface area contributed by atoms with E-state index in [1.54, 1.807) is 10.9 Å². The van der Waals surface area contributed by atoms with E-state index in [-0.39, 0.29) is 6.04 Å². The molecule has 0 aliphatic heterocycles. The first-order valence-electron chi connectivity index (χ1n) is 6.47. The molecule has 0 unspecified atom stereocenters. The summed E-state index contributed by atoms with van der Waals surface area (Å²) in [7, 11) is 0. The maximum absolute atomic E-state index is 5.79. The zero-order valence-corrected chi connectivity index (χ0v) is 12.2. The molecule has 2 heterocycles. The lowest BCUT2D eigenvalue weighted by Gasteiger charge is -2.06. The van der Waals surface area contributed by atoms with Gasteiger partial charge in [0.1, 0.15) is 0 Å². The molecule has 1 aromatic carbocycles. The lowest BCUT2D eigenvalue weighted by atomic mass is 10.2. The van der Waals surface area contributed by atoms with Crippen molar-refractivity contribution in [1.82, 2.24) is 25.2 Å². The van der Waals surface area contributed by atoms with Crippen LogP contribution in [0.2, 0.25) is 0 Å². The third-order valence-electron chi connectivity index (χ3n) is 2.88. The molecule has 0 saturated heterocycles. The highest BCUT2D eigenvalue weighted by Crippen LogP contribution is 2.26. The average molecular weight is 298 g/mol. The molecule has 0 radical (unpaired) electrons. The highest BCUT2D eigenvalue weighted by atomic mass is 32.2. The molecule has 1 atom stereocenters. The summed E-state index contributed by atoms with van der Waals surface area (Å²) < 4.78 is 1.70. The van der Waals surface area contributed by atoms with Gasteiger partial charge in [-0.2, -0.15) is 4.68 Å². The van der Waals surface area contributed by atoms with Crippen LogP contribution in [0.5, 0.6) is 0 Å². The molecule has 2 N–H and O–H groups in total. The Balaban J connectivity index is 1.84. The molecule has 3 rings (SSSR count). The van der Waals surface area contributed by atoms with Crippen LogP contribution in [-0.2, 0) is 0 Å². The quantitative estimate of drug-likeness (QED) is 0.795. The van der Waals surface area contributed by atoms with E-state index >= 15 is 0 Å². The summed E-state index contributed by atoms with van der Waals surface area (Å²) >= 11 is 1.46. The molecule has 0 bridgehead atoms. The van der Waals surface area contributed by atoms with Crippen molar-refractivity contribution in [2.24, 2.45) is 5.73 Å². The summed E-state index contributed by atoms with van der Waals surface area (Å²) in [6.45, 7) is 1.91. The van der Waals surface area contributed by atoms with Gasteiger partial charge in [-0.1, -0.05) is 18.2 Å². The van der Waals surface area contributed by atoms with E-state index in [0.717, 1.165) is 16.3 Å². The lowest BCUT2D eigenvalue weighted by Crippen LogP contribution is -2.06. The van der Waals surface area contributed by atoms with E-state index in [9.17, 15) is 0 Å². The van der Waals surface area contributed by atoms with Crippen LogP contribution >= 0.6 is 11.8 Å². The lowest BCUT2D eigenvalue weighted by molar-refractivity contribution is 0.756. The predicted molar refractivity (Wildman–Crippen MR) is 80.1 cm³/mol. The molecule has 2 aromatic heterocycles. The fourth-order valence-corrected chi connectivity index (χ4v) is 2.56. The van der Waals surface area contributed by atoms with Crippen LogP contribution < -0.4 is 5.73 Å². The van der Waals surface area contributed by atoms with Crippen LogP contribution in [0.3, 0.4) is 0 Å². The first kappa shape index (κ1) is 13.7. The van der Waals surface area contributed by atoms with Gasteiger partial charge in [-0.15, -0.1) is 5.10 Å². The molecule has 0 spiro atoms. The third kappa shape index (κ3) is 3.09. The minimum atomic E-state index is -0.0707. The first-order chi connectivity index (χ1) is 10.2. The Bertz CT molecular complexity index is 708. The smallest absolute Gasteiger partial charge is 0.218 e. The predicted octanol–water partition coefficient (Wildman–Crippen LogP) is 2.23. The summed E-state index contributed by atoms with van der Waals surface area (Å²) in [5.41, 5.74) is 7.58. The number of nitrogens with zero attached hydrogens (tertiary/aromatic N) is 5. The van der Waals surface area contributed by atoms with Crippen molar-refractivity contribution in [3.63, 3.8) is 0 Å². The van der Waals surface area contributed by atoms with Crippen molar-refractivity contribution < 1.29 is 0 Å². The van der Waals surface area contributed by atoms with E-state index < -0.39 is 0 Å². The topological polar surface area (TPSA) is 82.5 Å². The molecule has 0 aliphatic carbocycles. The summed E-state index contributed by atoms with van der Waals surface area (Å²) in [6.07, 6.45) is 1.79. The SMILES string of the molecule is C[C@H](N)c1ccc(Sc2nnnn2-c2ccccc2)cn1. The minimum Gasteiger partial charge on any atom is -0.323 e. The Morgan fingerprint density at radius 3 is 2.62 bits per heavy atom. The number of tetrazole rings is 1. The van der Waals surface area contributed by atoms with Crippen LogP contribution in [0.15, 0.2) is 58.7 Å². The molecule has 7 heteroatoms. The van der Waals surface area contributed by atoms with Crippen LogP contribution in [0, 0.1) is 0 Å². The third-order valence-corrected chi connectivity index (χ3v) is 3.79. The van der Waals surface area contributed by atoms with Gasteiger partial charge in [0.05, 0.1) is 11.4 Å². The van der Waals surface area contributed by atoms with Gasteiger partial charge >= 0.3 is 0 Å². The highest BCUT2D eigenvalue weighted by Gasteiger charge is 2.10. The van der Waals surface area contributed by atoms with Crippen molar-refractivity contribution >= 4 is 11.8 Å². The van der Waals surface area contributed by atoms with Crippen LogP contribution in [0.4, 0.5) is 0 Å². The maximum Gasteiger partial charge on any atom is 0.218 e. The highest BCUT2D eigenvalue weighted by molar-refractivity contribution is 7.99. The molecular formula is C14H14N6S. The zero-order valence-electron chi connectivity index (χ0n) is 11.4. The van der Waals surface area contributed by atoms with Crippen LogP contribution in [0.1, 0.15) is 18.7 Å². The van der Waals surface area contributed by atoms with E-state index in [1.165, 1.54) is 11.8 Å². The number of rotatable bonds is 4. The number of para-hydroxylation sites is 1. The van der Waals surface area contributed by atoms with Crippen molar-refractivity contribution in [1.29, 1.82) is 0 Å². The maximum atomic E-state index is 5.79. The molecule has 3 aromatic rings. The average Bonchev–Trinajstić information content (AvgIpc) is 2.97. The monoisotopic (exact) mass is 298 g/mol. The molecule has 0 saturated carbocycles. The van der Waals surface area contributed by atoms with Gasteiger partial charge in [-0.3, -0.25) is 4.98 Å². The Hall–Kier alpha value is -2.25. The number of aromatic nitrogens is 5. The summed E-state index contributed by atoms with van der Waals surface area (Å²) in [5, 5.41) is 12.5. The van der Waals surface area contributed by atoms with Gasteiger partial charge in [0.2, 0.25) is 5.16 Å². The van der Waals surface area contributed by atoms with E-state index in [0.29, 0.717) is 5.16 Å². The fourth-order valence-electron chi connectivity index (χ4n) is 1.80. The van der Waals surface area contributed by atoms with Crippen LogP contribution in [-0.4, -0.2) is 25.2 Å². The molecule has 0 fully saturated rings. The van der Waals surface area contributed by atoms with Gasteiger partial charge in [-0.05, 0) is 53.4 Å². The standard InChI is InChI=1S/C14H14N6S/c1-10(15)13-8-7-12(9-16-13)21-14-17-18-19-20(14)11-5-3-2-4-6-11/h2-10H,15H2,1H3/t10-/m0/s1. The Kier molecular flexibility index (Phi) is 3.94. The second-order valence-corrected chi connectivity index (χ2v) is 5.56. The van der Waals surface area contributed by atoms with Gasteiger partial charge < -0.3 is 5.73 Å². The molecule has 0 amide bonds. The molecule has 21 heavy (non-hydrogen) atoms. The second kappa shape index (κ2) is 6.02. The van der Waals surface area contributed by atoms with Gasteiger partial charge in [0, 0.05) is 17.1 Å².